The number of hydrogen-bond acceptors (Lipinski definition) is 4. The van der Waals surface area contributed by atoms with E-state index in [-0.39, 0.29) is 6.03 Å². The Morgan fingerprint density at radius 3 is 3.13 bits per heavy atom. The summed E-state index contributed by atoms with van der Waals surface area (Å²) in [4.78, 5) is 18.4. The second-order valence-corrected chi connectivity index (χ2v) is 5.86. The fraction of sp³-hybridized carbons (Fsp3) is 0.412. The average Bonchev–Trinajstić information content (AvgIpc) is 3.03. The Bertz CT molecular complexity index is 704. The highest BCUT2D eigenvalue weighted by Gasteiger charge is 2.25. The first-order valence-electron chi connectivity index (χ1n) is 7.90. The zero-order valence-electron chi connectivity index (χ0n) is 13.3. The van der Waals surface area contributed by atoms with Crippen LogP contribution in [0.3, 0.4) is 0 Å². The minimum absolute atomic E-state index is 0.0510. The van der Waals surface area contributed by atoms with Gasteiger partial charge in [0.2, 0.25) is 5.88 Å². The molecule has 1 atom stereocenters. The molecule has 122 valence electrons. The number of urea groups is 1. The number of pyridine rings is 1. The molecule has 0 bridgehead atoms. The summed E-state index contributed by atoms with van der Waals surface area (Å²) in [5.41, 5.74) is 6.37. The van der Waals surface area contributed by atoms with Crippen molar-refractivity contribution in [3.63, 3.8) is 0 Å². The van der Waals surface area contributed by atoms with Crippen LogP contribution in [0.1, 0.15) is 12.8 Å². The molecule has 2 amide bonds. The van der Waals surface area contributed by atoms with Crippen LogP contribution in [0.2, 0.25) is 0 Å². The van der Waals surface area contributed by atoms with E-state index in [1.807, 2.05) is 29.2 Å². The number of hydrogen-bond donors (Lipinski definition) is 2. The van der Waals surface area contributed by atoms with Crippen molar-refractivity contribution in [2.24, 2.45) is 11.7 Å². The number of ether oxygens (including phenoxy) is 1. The maximum atomic E-state index is 12.4. The van der Waals surface area contributed by atoms with Crippen molar-refractivity contribution in [2.75, 3.05) is 32.1 Å². The number of rotatable bonds is 4. The van der Waals surface area contributed by atoms with Crippen molar-refractivity contribution in [3.8, 4) is 5.88 Å². The second kappa shape index (κ2) is 6.83. The van der Waals surface area contributed by atoms with Crippen molar-refractivity contribution in [3.05, 3.63) is 30.5 Å². The van der Waals surface area contributed by atoms with Crippen LogP contribution in [0.25, 0.3) is 10.8 Å². The van der Waals surface area contributed by atoms with Crippen LogP contribution in [-0.2, 0) is 0 Å². The number of carbonyl (C=O) groups excluding carboxylic acids is 1. The molecule has 1 aliphatic heterocycles. The Balaban J connectivity index is 1.71. The number of nitrogens with zero attached hydrogens (tertiary/aromatic N) is 2. The average molecular weight is 314 g/mol. The third kappa shape index (κ3) is 3.37. The highest BCUT2D eigenvalue weighted by atomic mass is 16.5. The van der Waals surface area contributed by atoms with Gasteiger partial charge < -0.3 is 20.7 Å². The lowest BCUT2D eigenvalue weighted by atomic mass is 10.1. The Morgan fingerprint density at radius 2 is 2.35 bits per heavy atom. The first-order valence-corrected chi connectivity index (χ1v) is 7.90. The van der Waals surface area contributed by atoms with Gasteiger partial charge in [0.25, 0.3) is 0 Å². The fourth-order valence-corrected chi connectivity index (χ4v) is 3.08. The van der Waals surface area contributed by atoms with Crippen LogP contribution in [0.5, 0.6) is 5.88 Å². The summed E-state index contributed by atoms with van der Waals surface area (Å²) in [6, 6.07) is 7.58. The summed E-state index contributed by atoms with van der Waals surface area (Å²) in [5, 5.41) is 4.88. The van der Waals surface area contributed by atoms with Crippen molar-refractivity contribution in [2.45, 2.75) is 12.8 Å². The zero-order chi connectivity index (χ0) is 16.2. The predicted octanol–water partition coefficient (Wildman–Crippen LogP) is 2.45. The third-order valence-electron chi connectivity index (χ3n) is 4.32. The number of benzene rings is 1. The summed E-state index contributed by atoms with van der Waals surface area (Å²) in [5.74, 6) is 1.11. The van der Waals surface area contributed by atoms with Gasteiger partial charge in [-0.15, -0.1) is 0 Å². The van der Waals surface area contributed by atoms with Crippen LogP contribution in [0.4, 0.5) is 10.5 Å². The molecule has 2 heterocycles. The van der Waals surface area contributed by atoms with E-state index in [0.29, 0.717) is 18.3 Å². The number of nitrogens with one attached hydrogen (secondary N) is 1. The van der Waals surface area contributed by atoms with E-state index >= 15 is 0 Å². The predicted molar refractivity (Wildman–Crippen MR) is 90.7 cm³/mol. The van der Waals surface area contributed by atoms with E-state index in [4.69, 9.17) is 10.5 Å². The summed E-state index contributed by atoms with van der Waals surface area (Å²) in [7, 11) is 1.60. The summed E-state index contributed by atoms with van der Waals surface area (Å²) in [6.45, 7) is 2.26. The van der Waals surface area contributed by atoms with Crippen LogP contribution in [0.15, 0.2) is 30.5 Å². The zero-order valence-corrected chi connectivity index (χ0v) is 13.3. The molecule has 23 heavy (non-hydrogen) atoms. The summed E-state index contributed by atoms with van der Waals surface area (Å²) < 4.78 is 5.25. The molecule has 1 aromatic heterocycles. The number of methoxy groups -OCH3 is 1. The molecule has 3 N–H and O–H groups in total. The molecular weight excluding hydrogens is 292 g/mol. The molecule has 1 fully saturated rings. The molecular formula is C17H22N4O2. The number of fused-ring (bicyclic) bond motifs is 1. The van der Waals surface area contributed by atoms with Crippen LogP contribution in [0, 0.1) is 5.92 Å². The van der Waals surface area contributed by atoms with E-state index in [1.54, 1.807) is 13.3 Å². The molecule has 1 aliphatic rings. The molecule has 2 aromatic rings. The SMILES string of the molecule is COc1nccc2cc(NC(=O)N3CCC(CCN)C3)ccc12. The minimum atomic E-state index is -0.0510. The van der Waals surface area contributed by atoms with Gasteiger partial charge in [-0.1, -0.05) is 0 Å². The number of aromatic nitrogens is 1. The molecule has 1 saturated heterocycles. The van der Waals surface area contributed by atoms with Gasteiger partial charge in [0.05, 0.1) is 7.11 Å². The first kappa shape index (κ1) is 15.6. The molecule has 0 radical (unpaired) electrons. The van der Waals surface area contributed by atoms with Gasteiger partial charge in [-0.25, -0.2) is 9.78 Å². The van der Waals surface area contributed by atoms with Gasteiger partial charge in [-0.2, -0.15) is 0 Å². The maximum absolute atomic E-state index is 12.4. The maximum Gasteiger partial charge on any atom is 0.321 e. The largest absolute Gasteiger partial charge is 0.481 e. The van der Waals surface area contributed by atoms with Gasteiger partial charge in [-0.3, -0.25) is 0 Å². The molecule has 1 aromatic carbocycles. The molecule has 1 unspecified atom stereocenters. The van der Waals surface area contributed by atoms with Gasteiger partial charge in [-0.05, 0) is 55.0 Å². The number of nitrogens with two attached hydrogens (primary N) is 1. The molecule has 0 spiro atoms. The lowest BCUT2D eigenvalue weighted by Crippen LogP contribution is -2.33. The number of amides is 2. The molecule has 6 heteroatoms. The van der Waals surface area contributed by atoms with E-state index in [2.05, 4.69) is 10.3 Å². The van der Waals surface area contributed by atoms with Gasteiger partial charge >= 0.3 is 6.03 Å². The van der Waals surface area contributed by atoms with E-state index in [9.17, 15) is 4.79 Å². The second-order valence-electron chi connectivity index (χ2n) is 5.86. The highest BCUT2D eigenvalue weighted by Crippen LogP contribution is 2.26. The summed E-state index contributed by atoms with van der Waals surface area (Å²) in [6.07, 6.45) is 3.71. The summed E-state index contributed by atoms with van der Waals surface area (Å²) >= 11 is 0. The van der Waals surface area contributed by atoms with Crippen molar-refractivity contribution in [1.29, 1.82) is 0 Å². The van der Waals surface area contributed by atoms with Gasteiger partial charge in [0.1, 0.15) is 0 Å². The van der Waals surface area contributed by atoms with Crippen LogP contribution >= 0.6 is 0 Å². The van der Waals surface area contributed by atoms with Gasteiger partial charge in [0.15, 0.2) is 0 Å². The fourth-order valence-electron chi connectivity index (χ4n) is 3.08. The van der Waals surface area contributed by atoms with Crippen LogP contribution in [-0.4, -0.2) is 42.7 Å². The third-order valence-corrected chi connectivity index (χ3v) is 4.32. The van der Waals surface area contributed by atoms with Gasteiger partial charge in [0, 0.05) is 30.4 Å². The lowest BCUT2D eigenvalue weighted by molar-refractivity contribution is 0.220. The normalized spacial score (nSPS) is 17.5. The Hall–Kier alpha value is -2.34. The van der Waals surface area contributed by atoms with Crippen molar-refractivity contribution < 1.29 is 9.53 Å². The van der Waals surface area contributed by atoms with Crippen molar-refractivity contribution in [1.82, 2.24) is 9.88 Å². The molecule has 0 saturated carbocycles. The quantitative estimate of drug-likeness (QED) is 0.908. The molecule has 3 rings (SSSR count). The monoisotopic (exact) mass is 314 g/mol. The van der Waals surface area contributed by atoms with E-state index in [0.717, 1.165) is 42.4 Å². The smallest absolute Gasteiger partial charge is 0.321 e. The Labute approximate surface area is 135 Å². The molecule has 0 aliphatic carbocycles. The van der Waals surface area contributed by atoms with Crippen molar-refractivity contribution >= 4 is 22.5 Å². The Kier molecular flexibility index (Phi) is 4.62. The first-order chi connectivity index (χ1) is 11.2. The topological polar surface area (TPSA) is 80.5 Å². The standard InChI is InChI=1S/C17H22N4O2/c1-23-16-15-3-2-14(10-13(15)5-8-19-16)20-17(22)21-9-6-12(11-21)4-7-18/h2-3,5,8,10,12H,4,6-7,9,11,18H2,1H3,(H,20,22). The number of anilines is 1. The number of likely N-dealkylation sites (tertiary alicyclic amines) is 1. The Morgan fingerprint density at radius 1 is 1.48 bits per heavy atom. The minimum Gasteiger partial charge on any atom is -0.481 e. The highest BCUT2D eigenvalue weighted by molar-refractivity contribution is 5.95. The van der Waals surface area contributed by atoms with E-state index < -0.39 is 0 Å². The molecule has 6 nitrogen and oxygen atoms in total. The number of carbonyl (C=O) groups is 1. The lowest BCUT2D eigenvalue weighted by Gasteiger charge is -2.17. The van der Waals surface area contributed by atoms with E-state index in [1.165, 1.54) is 0 Å². The van der Waals surface area contributed by atoms with Crippen LogP contribution < -0.4 is 15.8 Å².